The van der Waals surface area contributed by atoms with Crippen LogP contribution in [-0.2, 0) is 6.54 Å². The minimum Gasteiger partial charge on any atom is -0.377 e. The zero-order valence-corrected chi connectivity index (χ0v) is 9.98. The van der Waals surface area contributed by atoms with Crippen LogP contribution in [0.2, 0.25) is 0 Å². The summed E-state index contributed by atoms with van der Waals surface area (Å²) in [6.07, 6.45) is 0. The predicted molar refractivity (Wildman–Crippen MR) is 61.3 cm³/mol. The largest absolute Gasteiger partial charge is 0.377 e. The molecule has 0 aliphatic carbocycles. The van der Waals surface area contributed by atoms with Crippen LogP contribution < -0.4 is 5.32 Å². The van der Waals surface area contributed by atoms with Crippen LogP contribution in [0.4, 0.5) is 10.1 Å². The van der Waals surface area contributed by atoms with Crippen LogP contribution in [0, 0.1) is 5.82 Å². The highest BCUT2D eigenvalue weighted by molar-refractivity contribution is 9.10. The van der Waals surface area contributed by atoms with Crippen molar-refractivity contribution in [2.45, 2.75) is 6.54 Å². The second-order valence-corrected chi connectivity index (χ2v) is 4.40. The van der Waals surface area contributed by atoms with E-state index < -0.39 is 0 Å². The third kappa shape index (κ3) is 2.73. The van der Waals surface area contributed by atoms with Crippen molar-refractivity contribution in [2.75, 3.05) is 5.32 Å². The van der Waals surface area contributed by atoms with E-state index in [1.807, 2.05) is 5.38 Å². The molecule has 1 N–H and O–H groups in total. The standard InChI is InChI=1S/C9H7BrFN3S/c10-6-1-2-9(8(11)3-6)12-4-7-5-15-14-13-7/h1-3,5,12H,4H2. The quantitative estimate of drug-likeness (QED) is 0.943. The zero-order valence-electron chi connectivity index (χ0n) is 7.58. The van der Waals surface area contributed by atoms with Crippen molar-refractivity contribution >= 4 is 33.1 Å². The molecule has 0 spiro atoms. The lowest BCUT2D eigenvalue weighted by molar-refractivity contribution is 0.629. The highest BCUT2D eigenvalue weighted by atomic mass is 79.9. The predicted octanol–water partition coefficient (Wildman–Crippen LogP) is 3.05. The second kappa shape index (κ2) is 4.67. The summed E-state index contributed by atoms with van der Waals surface area (Å²) in [6.45, 7) is 0.481. The summed E-state index contributed by atoms with van der Waals surface area (Å²) in [7, 11) is 0. The van der Waals surface area contributed by atoms with Crippen LogP contribution >= 0.6 is 27.5 Å². The summed E-state index contributed by atoms with van der Waals surface area (Å²) in [5.41, 5.74) is 1.27. The average Bonchev–Trinajstić information content (AvgIpc) is 2.69. The lowest BCUT2D eigenvalue weighted by Gasteiger charge is -2.05. The van der Waals surface area contributed by atoms with Gasteiger partial charge >= 0.3 is 0 Å². The molecule has 15 heavy (non-hydrogen) atoms. The first kappa shape index (κ1) is 10.5. The Morgan fingerprint density at radius 1 is 1.47 bits per heavy atom. The maximum atomic E-state index is 13.4. The van der Waals surface area contributed by atoms with Crippen LogP contribution in [0.5, 0.6) is 0 Å². The van der Waals surface area contributed by atoms with Gasteiger partial charge in [-0.15, -0.1) is 5.10 Å². The van der Waals surface area contributed by atoms with Gasteiger partial charge in [-0.25, -0.2) is 4.39 Å². The SMILES string of the molecule is Fc1cc(Br)ccc1NCc1csnn1. The summed E-state index contributed by atoms with van der Waals surface area (Å²) >= 11 is 4.48. The molecule has 1 heterocycles. The van der Waals surface area contributed by atoms with E-state index in [4.69, 9.17) is 0 Å². The van der Waals surface area contributed by atoms with Gasteiger partial charge in [-0.2, -0.15) is 0 Å². The molecular formula is C9H7BrFN3S. The lowest BCUT2D eigenvalue weighted by atomic mass is 10.3. The van der Waals surface area contributed by atoms with E-state index >= 15 is 0 Å². The van der Waals surface area contributed by atoms with Crippen molar-refractivity contribution < 1.29 is 4.39 Å². The Hall–Kier alpha value is -1.01. The molecule has 0 aliphatic heterocycles. The summed E-state index contributed by atoms with van der Waals surface area (Å²) in [5.74, 6) is -0.285. The molecule has 0 fully saturated rings. The number of nitrogens with one attached hydrogen (secondary N) is 1. The molecule has 0 saturated heterocycles. The number of benzene rings is 1. The van der Waals surface area contributed by atoms with Gasteiger partial charge in [-0.3, -0.25) is 0 Å². The number of nitrogens with zero attached hydrogens (tertiary/aromatic N) is 2. The molecule has 0 amide bonds. The minimum atomic E-state index is -0.285. The fourth-order valence-corrected chi connectivity index (χ4v) is 1.86. The summed E-state index contributed by atoms with van der Waals surface area (Å²) < 4.78 is 17.8. The molecule has 0 atom stereocenters. The fraction of sp³-hybridized carbons (Fsp3) is 0.111. The van der Waals surface area contributed by atoms with Crippen molar-refractivity contribution in [1.82, 2.24) is 9.59 Å². The number of aromatic nitrogens is 2. The van der Waals surface area contributed by atoms with Crippen molar-refractivity contribution in [3.63, 3.8) is 0 Å². The summed E-state index contributed by atoms with van der Waals surface area (Å²) in [4.78, 5) is 0. The molecule has 0 unspecified atom stereocenters. The summed E-state index contributed by atoms with van der Waals surface area (Å²) in [5, 5.41) is 8.63. The number of hydrogen-bond acceptors (Lipinski definition) is 4. The Morgan fingerprint density at radius 2 is 2.33 bits per heavy atom. The molecule has 6 heteroatoms. The van der Waals surface area contributed by atoms with E-state index in [0.717, 1.165) is 10.2 Å². The zero-order chi connectivity index (χ0) is 10.7. The highest BCUT2D eigenvalue weighted by Gasteiger charge is 2.02. The van der Waals surface area contributed by atoms with Gasteiger partial charge in [0.1, 0.15) is 5.82 Å². The van der Waals surface area contributed by atoms with E-state index in [2.05, 4.69) is 30.8 Å². The Kier molecular flexibility index (Phi) is 3.27. The Morgan fingerprint density at radius 3 is 3.00 bits per heavy atom. The van der Waals surface area contributed by atoms with Gasteiger partial charge in [0.05, 0.1) is 17.9 Å². The molecule has 3 nitrogen and oxygen atoms in total. The van der Waals surface area contributed by atoms with Crippen molar-refractivity contribution in [3.05, 3.63) is 39.6 Å². The molecule has 2 aromatic rings. The van der Waals surface area contributed by atoms with E-state index in [9.17, 15) is 4.39 Å². The van der Waals surface area contributed by atoms with Crippen molar-refractivity contribution in [2.24, 2.45) is 0 Å². The fourth-order valence-electron chi connectivity index (χ4n) is 1.08. The smallest absolute Gasteiger partial charge is 0.147 e. The van der Waals surface area contributed by atoms with Gasteiger partial charge < -0.3 is 5.32 Å². The van der Waals surface area contributed by atoms with E-state index in [-0.39, 0.29) is 5.82 Å². The topological polar surface area (TPSA) is 37.8 Å². The third-order valence-electron chi connectivity index (χ3n) is 1.80. The molecule has 1 aromatic carbocycles. The Bertz CT molecular complexity index is 447. The molecule has 2 rings (SSSR count). The van der Waals surface area contributed by atoms with E-state index in [0.29, 0.717) is 12.2 Å². The van der Waals surface area contributed by atoms with Gasteiger partial charge in [-0.1, -0.05) is 20.4 Å². The Balaban J connectivity index is 2.05. The van der Waals surface area contributed by atoms with E-state index in [1.165, 1.54) is 17.6 Å². The Labute approximate surface area is 98.6 Å². The highest BCUT2D eigenvalue weighted by Crippen LogP contribution is 2.19. The van der Waals surface area contributed by atoms with Crippen LogP contribution in [0.15, 0.2) is 28.1 Å². The monoisotopic (exact) mass is 287 g/mol. The van der Waals surface area contributed by atoms with Gasteiger partial charge in [0, 0.05) is 9.85 Å². The maximum Gasteiger partial charge on any atom is 0.147 e. The molecule has 1 aromatic heterocycles. The molecule has 0 radical (unpaired) electrons. The van der Waals surface area contributed by atoms with Crippen LogP contribution in [-0.4, -0.2) is 9.59 Å². The first-order valence-corrected chi connectivity index (χ1v) is 5.83. The minimum absolute atomic E-state index is 0.285. The normalized spacial score (nSPS) is 10.3. The molecular weight excluding hydrogens is 281 g/mol. The lowest BCUT2D eigenvalue weighted by Crippen LogP contribution is -2.01. The number of anilines is 1. The van der Waals surface area contributed by atoms with Gasteiger partial charge in [0.25, 0.3) is 0 Å². The van der Waals surface area contributed by atoms with Gasteiger partial charge in [-0.05, 0) is 29.7 Å². The summed E-state index contributed by atoms with van der Waals surface area (Å²) in [6, 6.07) is 4.88. The van der Waals surface area contributed by atoms with Crippen LogP contribution in [0.1, 0.15) is 5.69 Å². The second-order valence-electron chi connectivity index (χ2n) is 2.87. The number of rotatable bonds is 3. The van der Waals surface area contributed by atoms with Gasteiger partial charge in [0.15, 0.2) is 0 Å². The van der Waals surface area contributed by atoms with Crippen molar-refractivity contribution in [3.8, 4) is 0 Å². The van der Waals surface area contributed by atoms with E-state index in [1.54, 1.807) is 12.1 Å². The van der Waals surface area contributed by atoms with Crippen molar-refractivity contribution in [1.29, 1.82) is 0 Å². The third-order valence-corrected chi connectivity index (χ3v) is 2.84. The molecule has 0 aliphatic rings. The average molecular weight is 288 g/mol. The van der Waals surface area contributed by atoms with Crippen LogP contribution in [0.3, 0.4) is 0 Å². The number of hydrogen-bond donors (Lipinski definition) is 1. The molecule has 0 saturated carbocycles. The molecule has 0 bridgehead atoms. The molecule has 78 valence electrons. The first-order valence-electron chi connectivity index (χ1n) is 4.20. The first-order chi connectivity index (χ1) is 7.25. The number of halogens is 2. The van der Waals surface area contributed by atoms with Crippen LogP contribution in [0.25, 0.3) is 0 Å². The maximum absolute atomic E-state index is 13.4. The van der Waals surface area contributed by atoms with Gasteiger partial charge in [0.2, 0.25) is 0 Å².